The minimum atomic E-state index is -0.786. The summed E-state index contributed by atoms with van der Waals surface area (Å²) in [6.45, 7) is 9.07. The number of hydrogen-bond acceptors (Lipinski definition) is 4. The Hall–Kier alpha value is -2.96. The molecule has 1 atom stereocenters. The fourth-order valence-corrected chi connectivity index (χ4v) is 3.56. The summed E-state index contributed by atoms with van der Waals surface area (Å²) in [5.41, 5.74) is 2.04. The fraction of sp³-hybridized carbons (Fsp3) is 0.409. The average Bonchev–Trinajstić information content (AvgIpc) is 2.90. The zero-order valence-electron chi connectivity index (χ0n) is 17.7. The molecule has 0 saturated heterocycles. The fourth-order valence-electron chi connectivity index (χ4n) is 3.56. The lowest BCUT2D eigenvalue weighted by atomic mass is 9.99. The molecule has 7 heteroatoms. The van der Waals surface area contributed by atoms with Crippen LogP contribution in [0, 0.1) is 19.7 Å². The first-order valence-corrected chi connectivity index (χ1v) is 9.59. The minimum Gasteiger partial charge on any atom is -0.461 e. The number of nitrogens with zero attached hydrogens (tertiary/aromatic N) is 2. The Balaban J connectivity index is 2.41. The first-order valence-electron chi connectivity index (χ1n) is 9.59. The van der Waals surface area contributed by atoms with E-state index < -0.39 is 23.7 Å². The maximum absolute atomic E-state index is 13.5. The van der Waals surface area contributed by atoms with Crippen molar-refractivity contribution in [3.8, 4) is 0 Å². The lowest BCUT2D eigenvalue weighted by Gasteiger charge is -2.27. The molecule has 0 spiro atoms. The summed E-state index contributed by atoms with van der Waals surface area (Å²) in [6, 6.07) is 4.60. The van der Waals surface area contributed by atoms with Gasteiger partial charge in [0, 0.05) is 30.4 Å². The van der Waals surface area contributed by atoms with Gasteiger partial charge in [0.25, 0.3) is 5.91 Å². The van der Waals surface area contributed by atoms with Crippen LogP contribution in [0.4, 0.5) is 4.39 Å². The van der Waals surface area contributed by atoms with E-state index in [4.69, 9.17) is 4.74 Å². The standard InChI is InChI=1S/C22H27FN2O4/c1-7-25(21(27)16-10-9-11-17(23)12-16)15(5)20(26)18-13(3)19(22(28)29-8-2)24(6)14(18)4/h9-12,15H,7-8H2,1-6H3. The summed E-state index contributed by atoms with van der Waals surface area (Å²) in [4.78, 5) is 39.9. The second kappa shape index (κ2) is 9.03. The number of halogens is 1. The van der Waals surface area contributed by atoms with Gasteiger partial charge in [0.15, 0.2) is 5.78 Å². The number of amides is 1. The van der Waals surface area contributed by atoms with Gasteiger partial charge in [-0.15, -0.1) is 0 Å². The number of benzene rings is 1. The van der Waals surface area contributed by atoms with Crippen molar-refractivity contribution in [3.05, 3.63) is 58.2 Å². The van der Waals surface area contributed by atoms with Gasteiger partial charge in [-0.25, -0.2) is 9.18 Å². The third-order valence-electron chi connectivity index (χ3n) is 5.17. The molecule has 0 saturated carbocycles. The maximum Gasteiger partial charge on any atom is 0.355 e. The van der Waals surface area contributed by atoms with Crippen molar-refractivity contribution in [1.29, 1.82) is 0 Å². The van der Waals surface area contributed by atoms with Crippen LogP contribution in [0.15, 0.2) is 24.3 Å². The smallest absolute Gasteiger partial charge is 0.355 e. The van der Waals surface area contributed by atoms with E-state index in [9.17, 15) is 18.8 Å². The van der Waals surface area contributed by atoms with Crippen LogP contribution < -0.4 is 0 Å². The van der Waals surface area contributed by atoms with E-state index in [0.29, 0.717) is 22.5 Å². The highest BCUT2D eigenvalue weighted by Gasteiger charge is 2.32. The van der Waals surface area contributed by atoms with Crippen LogP contribution in [0.1, 0.15) is 63.2 Å². The Kier molecular flexibility index (Phi) is 6.95. The molecule has 0 aliphatic rings. The summed E-state index contributed by atoms with van der Waals surface area (Å²) >= 11 is 0. The maximum atomic E-state index is 13.5. The van der Waals surface area contributed by atoms with Gasteiger partial charge in [-0.2, -0.15) is 0 Å². The van der Waals surface area contributed by atoms with E-state index in [1.165, 1.54) is 23.1 Å². The first kappa shape index (κ1) is 22.3. The van der Waals surface area contributed by atoms with Crippen LogP contribution in [0.2, 0.25) is 0 Å². The number of ketones is 1. The molecule has 1 unspecified atom stereocenters. The Morgan fingerprint density at radius 3 is 2.41 bits per heavy atom. The molecule has 156 valence electrons. The molecule has 1 amide bonds. The van der Waals surface area contributed by atoms with Crippen LogP contribution in [0.3, 0.4) is 0 Å². The normalized spacial score (nSPS) is 11.8. The molecule has 0 fully saturated rings. The van der Waals surface area contributed by atoms with Crippen LogP contribution in [-0.4, -0.2) is 46.3 Å². The van der Waals surface area contributed by atoms with Gasteiger partial charge in [0.05, 0.1) is 12.6 Å². The second-order valence-electron chi connectivity index (χ2n) is 6.86. The molecular formula is C22H27FN2O4. The number of carbonyl (C=O) groups excluding carboxylic acids is 3. The molecule has 0 bridgehead atoms. The van der Waals surface area contributed by atoms with Gasteiger partial charge < -0.3 is 14.2 Å². The topological polar surface area (TPSA) is 68.6 Å². The number of hydrogen-bond donors (Lipinski definition) is 0. The Labute approximate surface area is 170 Å². The zero-order valence-corrected chi connectivity index (χ0v) is 17.7. The van der Waals surface area contributed by atoms with E-state index in [2.05, 4.69) is 0 Å². The lowest BCUT2D eigenvalue weighted by Crippen LogP contribution is -2.43. The van der Waals surface area contributed by atoms with Crippen molar-refractivity contribution in [2.45, 2.75) is 40.7 Å². The second-order valence-corrected chi connectivity index (χ2v) is 6.86. The van der Waals surface area contributed by atoms with Gasteiger partial charge in [0.2, 0.25) is 0 Å². The van der Waals surface area contributed by atoms with E-state index in [1.807, 2.05) is 0 Å². The van der Waals surface area contributed by atoms with E-state index >= 15 is 0 Å². The molecule has 0 aliphatic heterocycles. The number of esters is 1. The van der Waals surface area contributed by atoms with Crippen molar-refractivity contribution in [1.82, 2.24) is 9.47 Å². The summed E-state index contributed by atoms with van der Waals surface area (Å²) in [5, 5.41) is 0. The average molecular weight is 402 g/mol. The van der Waals surface area contributed by atoms with Crippen molar-refractivity contribution < 1.29 is 23.5 Å². The number of ether oxygens (including phenoxy) is 1. The van der Waals surface area contributed by atoms with Crippen LogP contribution >= 0.6 is 0 Å². The predicted octanol–water partition coefficient (Wildman–Crippen LogP) is 3.69. The number of Topliss-reactive ketones (excluding diaryl/α,β-unsaturated/α-hetero) is 1. The van der Waals surface area contributed by atoms with Gasteiger partial charge in [-0.05, 0) is 58.4 Å². The van der Waals surface area contributed by atoms with Crippen molar-refractivity contribution >= 4 is 17.7 Å². The van der Waals surface area contributed by atoms with Crippen molar-refractivity contribution in [2.75, 3.05) is 13.2 Å². The van der Waals surface area contributed by atoms with Crippen LogP contribution in [-0.2, 0) is 11.8 Å². The highest BCUT2D eigenvalue weighted by molar-refractivity contribution is 6.07. The molecule has 1 aromatic carbocycles. The number of rotatable bonds is 7. The number of aromatic nitrogens is 1. The van der Waals surface area contributed by atoms with E-state index in [0.717, 1.165) is 6.07 Å². The molecule has 6 nitrogen and oxygen atoms in total. The third-order valence-corrected chi connectivity index (χ3v) is 5.17. The summed E-state index contributed by atoms with van der Waals surface area (Å²) in [7, 11) is 1.70. The van der Waals surface area contributed by atoms with Gasteiger partial charge in [-0.3, -0.25) is 9.59 Å². The number of carbonyl (C=O) groups is 3. The van der Waals surface area contributed by atoms with Gasteiger partial charge >= 0.3 is 5.97 Å². The first-order chi connectivity index (χ1) is 13.6. The molecular weight excluding hydrogens is 375 g/mol. The van der Waals surface area contributed by atoms with E-state index in [1.54, 1.807) is 46.2 Å². The molecule has 1 aromatic heterocycles. The lowest BCUT2D eigenvalue weighted by molar-refractivity contribution is 0.0513. The molecule has 0 N–H and O–H groups in total. The van der Waals surface area contributed by atoms with Crippen molar-refractivity contribution in [3.63, 3.8) is 0 Å². The Morgan fingerprint density at radius 2 is 1.86 bits per heavy atom. The molecule has 0 radical (unpaired) electrons. The Bertz CT molecular complexity index is 949. The zero-order chi connectivity index (χ0) is 21.9. The highest BCUT2D eigenvalue weighted by Crippen LogP contribution is 2.25. The van der Waals surface area contributed by atoms with Gasteiger partial charge in [-0.1, -0.05) is 6.07 Å². The highest BCUT2D eigenvalue weighted by atomic mass is 19.1. The van der Waals surface area contributed by atoms with Crippen molar-refractivity contribution in [2.24, 2.45) is 7.05 Å². The summed E-state index contributed by atoms with van der Waals surface area (Å²) in [6.07, 6.45) is 0. The Morgan fingerprint density at radius 1 is 1.21 bits per heavy atom. The quantitative estimate of drug-likeness (QED) is 0.523. The summed E-state index contributed by atoms with van der Waals surface area (Å²) < 4.78 is 20.3. The largest absolute Gasteiger partial charge is 0.461 e. The molecule has 0 aliphatic carbocycles. The minimum absolute atomic E-state index is 0.181. The van der Waals surface area contributed by atoms with Crippen LogP contribution in [0.25, 0.3) is 0 Å². The molecule has 1 heterocycles. The predicted molar refractivity (Wildman–Crippen MR) is 108 cm³/mol. The molecule has 2 rings (SSSR count). The molecule has 29 heavy (non-hydrogen) atoms. The number of likely N-dealkylation sites (N-methyl/N-ethyl adjacent to an activating group) is 1. The van der Waals surface area contributed by atoms with E-state index in [-0.39, 0.29) is 24.5 Å². The third kappa shape index (κ3) is 4.23. The van der Waals surface area contributed by atoms with Crippen LogP contribution in [0.5, 0.6) is 0 Å². The monoisotopic (exact) mass is 402 g/mol. The summed E-state index contributed by atoms with van der Waals surface area (Å²) in [5.74, 6) is -1.72. The SMILES string of the molecule is CCOC(=O)c1c(C)c(C(=O)C(C)N(CC)C(=O)c2cccc(F)c2)c(C)n1C. The molecule has 2 aromatic rings. The van der Waals surface area contributed by atoms with Gasteiger partial charge in [0.1, 0.15) is 11.5 Å².